The van der Waals surface area contributed by atoms with Gasteiger partial charge in [-0.3, -0.25) is 4.79 Å². The molecule has 1 aromatic carbocycles. The minimum absolute atomic E-state index is 0.0379. The summed E-state index contributed by atoms with van der Waals surface area (Å²) in [5.74, 6) is -3.30. The molecule has 1 unspecified atom stereocenters. The molecule has 1 fully saturated rings. The summed E-state index contributed by atoms with van der Waals surface area (Å²) in [6.07, 6.45) is 0.335. The summed E-state index contributed by atoms with van der Waals surface area (Å²) in [4.78, 5) is 23.9. The van der Waals surface area contributed by atoms with Gasteiger partial charge in [0.25, 0.3) is 0 Å². The van der Waals surface area contributed by atoms with Crippen LogP contribution in [-0.2, 0) is 4.79 Å². The standard InChI is InChI=1S/C13H14F2N2O3/c1-7-2-3-9(14)11(10(7)15)16-13(20)17-5-4-8(6-17)12(18)19/h2-3,8H,4-6H2,1H3,(H,16,20)(H,18,19). The molecule has 0 saturated carbocycles. The predicted molar refractivity (Wildman–Crippen MR) is 67.4 cm³/mol. The maximum absolute atomic E-state index is 13.7. The highest BCUT2D eigenvalue weighted by molar-refractivity contribution is 5.90. The average molecular weight is 284 g/mol. The summed E-state index contributed by atoms with van der Waals surface area (Å²) >= 11 is 0. The third kappa shape index (κ3) is 2.71. The van der Waals surface area contributed by atoms with Crippen molar-refractivity contribution in [2.24, 2.45) is 5.92 Å². The number of halogens is 2. The van der Waals surface area contributed by atoms with Crippen molar-refractivity contribution >= 4 is 17.7 Å². The molecule has 0 spiro atoms. The number of anilines is 1. The van der Waals surface area contributed by atoms with Crippen molar-refractivity contribution in [2.75, 3.05) is 18.4 Å². The topological polar surface area (TPSA) is 69.6 Å². The number of rotatable bonds is 2. The maximum atomic E-state index is 13.7. The Kier molecular flexibility index (Phi) is 3.87. The van der Waals surface area contributed by atoms with E-state index in [1.807, 2.05) is 0 Å². The van der Waals surface area contributed by atoms with Gasteiger partial charge in [-0.2, -0.15) is 0 Å². The molecule has 108 valence electrons. The molecule has 1 heterocycles. The summed E-state index contributed by atoms with van der Waals surface area (Å²) in [5, 5.41) is 11.0. The van der Waals surface area contributed by atoms with Crippen molar-refractivity contribution in [3.63, 3.8) is 0 Å². The zero-order valence-corrected chi connectivity index (χ0v) is 10.8. The fraction of sp³-hybridized carbons (Fsp3) is 0.385. The van der Waals surface area contributed by atoms with Gasteiger partial charge in [0.1, 0.15) is 11.5 Å². The Labute approximate surface area is 114 Å². The van der Waals surface area contributed by atoms with E-state index in [0.717, 1.165) is 6.07 Å². The monoisotopic (exact) mass is 284 g/mol. The molecule has 0 aromatic heterocycles. The van der Waals surface area contributed by atoms with Gasteiger partial charge >= 0.3 is 12.0 Å². The summed E-state index contributed by atoms with van der Waals surface area (Å²) < 4.78 is 27.3. The van der Waals surface area contributed by atoms with Gasteiger partial charge in [0.2, 0.25) is 0 Å². The lowest BCUT2D eigenvalue weighted by Gasteiger charge is -2.17. The van der Waals surface area contributed by atoms with Crippen LogP contribution in [-0.4, -0.2) is 35.1 Å². The quantitative estimate of drug-likeness (QED) is 0.874. The van der Waals surface area contributed by atoms with Crippen molar-refractivity contribution in [3.8, 4) is 0 Å². The molecule has 5 nitrogen and oxygen atoms in total. The van der Waals surface area contributed by atoms with Crippen molar-refractivity contribution in [1.82, 2.24) is 4.90 Å². The summed E-state index contributed by atoms with van der Waals surface area (Å²) in [7, 11) is 0. The lowest BCUT2D eigenvalue weighted by molar-refractivity contribution is -0.141. The van der Waals surface area contributed by atoms with E-state index in [1.54, 1.807) is 0 Å². The van der Waals surface area contributed by atoms with Gasteiger partial charge in [-0.25, -0.2) is 13.6 Å². The molecule has 1 aliphatic rings. The third-order valence-corrected chi connectivity index (χ3v) is 3.34. The minimum atomic E-state index is -0.979. The molecule has 1 aromatic rings. The number of carbonyl (C=O) groups is 2. The molecule has 1 atom stereocenters. The molecule has 2 rings (SSSR count). The number of aryl methyl sites for hydroxylation is 1. The molecule has 0 aliphatic carbocycles. The normalized spacial score (nSPS) is 18.1. The van der Waals surface area contributed by atoms with Crippen LogP contribution < -0.4 is 5.32 Å². The number of urea groups is 1. The van der Waals surface area contributed by atoms with Crippen molar-refractivity contribution in [2.45, 2.75) is 13.3 Å². The van der Waals surface area contributed by atoms with E-state index < -0.39 is 35.2 Å². The van der Waals surface area contributed by atoms with Gasteiger partial charge in [-0.05, 0) is 25.0 Å². The number of benzene rings is 1. The lowest BCUT2D eigenvalue weighted by atomic mass is 10.1. The van der Waals surface area contributed by atoms with Gasteiger partial charge in [-0.1, -0.05) is 6.07 Å². The Morgan fingerprint density at radius 2 is 2.10 bits per heavy atom. The second-order valence-corrected chi connectivity index (χ2v) is 4.75. The van der Waals surface area contributed by atoms with E-state index >= 15 is 0 Å². The van der Waals surface area contributed by atoms with Gasteiger partial charge in [-0.15, -0.1) is 0 Å². The Morgan fingerprint density at radius 1 is 1.40 bits per heavy atom. The van der Waals surface area contributed by atoms with E-state index in [2.05, 4.69) is 5.32 Å². The van der Waals surface area contributed by atoms with Crippen LogP contribution in [0.15, 0.2) is 12.1 Å². The second kappa shape index (κ2) is 5.44. The van der Waals surface area contributed by atoms with Gasteiger partial charge < -0.3 is 15.3 Å². The molecular formula is C13H14F2N2O3. The number of carbonyl (C=O) groups excluding carboxylic acids is 1. The number of hydrogen-bond donors (Lipinski definition) is 2. The number of carboxylic acids is 1. The van der Waals surface area contributed by atoms with Gasteiger partial charge in [0.15, 0.2) is 5.82 Å². The summed E-state index contributed by atoms with van der Waals surface area (Å²) in [5.41, 5.74) is -0.291. The molecule has 0 radical (unpaired) electrons. The van der Waals surface area contributed by atoms with Crippen molar-refractivity contribution in [1.29, 1.82) is 0 Å². The first-order valence-electron chi connectivity index (χ1n) is 6.13. The van der Waals surface area contributed by atoms with Crippen LogP contribution in [0.5, 0.6) is 0 Å². The van der Waals surface area contributed by atoms with E-state index in [0.29, 0.717) is 6.42 Å². The van der Waals surface area contributed by atoms with E-state index in [4.69, 9.17) is 5.11 Å². The molecule has 20 heavy (non-hydrogen) atoms. The fourth-order valence-corrected chi connectivity index (χ4v) is 2.10. The highest BCUT2D eigenvalue weighted by Gasteiger charge is 2.31. The minimum Gasteiger partial charge on any atom is -0.481 e. The molecule has 2 N–H and O–H groups in total. The number of hydrogen-bond acceptors (Lipinski definition) is 2. The van der Waals surface area contributed by atoms with Crippen molar-refractivity contribution < 1.29 is 23.5 Å². The summed E-state index contributed by atoms with van der Waals surface area (Å²) in [6.45, 7) is 1.74. The SMILES string of the molecule is Cc1ccc(F)c(NC(=O)N2CCC(C(=O)O)C2)c1F. The highest BCUT2D eigenvalue weighted by atomic mass is 19.1. The number of carboxylic acid groups (broad SMARTS) is 1. The van der Waals surface area contributed by atoms with Gasteiger partial charge in [0, 0.05) is 13.1 Å². The zero-order valence-electron chi connectivity index (χ0n) is 10.8. The number of aliphatic carboxylic acids is 1. The number of likely N-dealkylation sites (tertiary alicyclic amines) is 1. The maximum Gasteiger partial charge on any atom is 0.322 e. The van der Waals surface area contributed by atoms with Crippen LogP contribution in [0.3, 0.4) is 0 Å². The van der Waals surface area contributed by atoms with Crippen LogP contribution in [0.1, 0.15) is 12.0 Å². The smallest absolute Gasteiger partial charge is 0.322 e. The van der Waals surface area contributed by atoms with Crippen LogP contribution in [0.4, 0.5) is 19.3 Å². The first-order chi connectivity index (χ1) is 9.40. The number of nitrogens with one attached hydrogen (secondary N) is 1. The second-order valence-electron chi connectivity index (χ2n) is 4.75. The Morgan fingerprint density at radius 3 is 2.70 bits per heavy atom. The van der Waals surface area contributed by atoms with Crippen molar-refractivity contribution in [3.05, 3.63) is 29.3 Å². The van der Waals surface area contributed by atoms with Gasteiger partial charge in [0.05, 0.1) is 5.92 Å². The first kappa shape index (κ1) is 14.2. The molecule has 1 aliphatic heterocycles. The van der Waals surface area contributed by atoms with E-state index in [9.17, 15) is 18.4 Å². The third-order valence-electron chi connectivity index (χ3n) is 3.34. The fourth-order valence-electron chi connectivity index (χ4n) is 2.10. The predicted octanol–water partition coefficient (Wildman–Crippen LogP) is 2.21. The van der Waals surface area contributed by atoms with Crippen LogP contribution >= 0.6 is 0 Å². The van der Waals surface area contributed by atoms with Crippen LogP contribution in [0, 0.1) is 24.5 Å². The van der Waals surface area contributed by atoms with Crippen LogP contribution in [0.2, 0.25) is 0 Å². The first-order valence-corrected chi connectivity index (χ1v) is 6.13. The largest absolute Gasteiger partial charge is 0.481 e. The Bertz CT molecular complexity index is 563. The molecule has 2 amide bonds. The Balaban J connectivity index is 2.10. The molecule has 1 saturated heterocycles. The molecular weight excluding hydrogens is 270 g/mol. The lowest BCUT2D eigenvalue weighted by Crippen LogP contribution is -2.34. The molecule has 0 bridgehead atoms. The molecule has 7 heteroatoms. The van der Waals surface area contributed by atoms with E-state index in [1.165, 1.54) is 17.9 Å². The van der Waals surface area contributed by atoms with Crippen LogP contribution in [0.25, 0.3) is 0 Å². The highest BCUT2D eigenvalue weighted by Crippen LogP contribution is 2.23. The van der Waals surface area contributed by atoms with E-state index in [-0.39, 0.29) is 18.7 Å². The zero-order chi connectivity index (χ0) is 14.9. The Hall–Kier alpha value is -2.18. The summed E-state index contributed by atoms with van der Waals surface area (Å²) in [6, 6.07) is 1.64. The number of amides is 2. The average Bonchev–Trinajstić information content (AvgIpc) is 2.89. The number of nitrogens with zero attached hydrogens (tertiary/aromatic N) is 1.